The van der Waals surface area contributed by atoms with Gasteiger partial charge in [0.15, 0.2) is 0 Å². The van der Waals surface area contributed by atoms with Gasteiger partial charge >= 0.3 is 5.51 Å². The average molecular weight is 275 g/mol. The Kier molecular flexibility index (Phi) is 4.30. The summed E-state index contributed by atoms with van der Waals surface area (Å²) >= 11 is -0.212. The molecule has 1 atom stereocenters. The van der Waals surface area contributed by atoms with Gasteiger partial charge < -0.3 is 5.11 Å². The lowest BCUT2D eigenvalue weighted by atomic mass is 9.84. The lowest BCUT2D eigenvalue weighted by Gasteiger charge is -2.23. The largest absolute Gasteiger partial charge is 0.446 e. The van der Waals surface area contributed by atoms with Gasteiger partial charge in [-0.05, 0) is 43.3 Å². The number of aliphatic hydroxyl groups excluding tert-OH is 1. The molecule has 0 aliphatic heterocycles. The summed E-state index contributed by atoms with van der Waals surface area (Å²) in [5, 5.41) is 18.8. The van der Waals surface area contributed by atoms with E-state index < -0.39 is 17.0 Å². The van der Waals surface area contributed by atoms with E-state index in [1.165, 1.54) is 24.3 Å². The number of thioether (sulfide) groups is 1. The molecule has 0 bridgehead atoms. The van der Waals surface area contributed by atoms with E-state index in [4.69, 9.17) is 5.26 Å². The first-order chi connectivity index (χ1) is 8.15. The highest BCUT2D eigenvalue weighted by Gasteiger charge is 2.31. The summed E-state index contributed by atoms with van der Waals surface area (Å²) in [5.74, 6) is 0. The van der Waals surface area contributed by atoms with E-state index in [0.717, 1.165) is 0 Å². The van der Waals surface area contributed by atoms with Gasteiger partial charge in [0.2, 0.25) is 0 Å². The highest BCUT2D eigenvalue weighted by atomic mass is 32.2. The maximum Gasteiger partial charge on any atom is 0.446 e. The molecule has 1 N–H and O–H groups in total. The summed E-state index contributed by atoms with van der Waals surface area (Å²) in [4.78, 5) is 0.0493. The van der Waals surface area contributed by atoms with Crippen LogP contribution in [-0.2, 0) is 0 Å². The van der Waals surface area contributed by atoms with Crippen molar-refractivity contribution < 1.29 is 18.3 Å². The van der Waals surface area contributed by atoms with Gasteiger partial charge in [0.1, 0.15) is 0 Å². The summed E-state index contributed by atoms with van der Waals surface area (Å²) in [5.41, 5.74) is -4.89. The molecule has 0 amide bonds. The molecule has 1 rings (SSSR count). The minimum atomic E-state index is -4.33. The number of hydrogen-bond acceptors (Lipinski definition) is 3. The SMILES string of the molecule is CC(C)(C#N)C(O)c1ccc(SC(F)(F)F)cc1. The Balaban J connectivity index is 2.87. The van der Waals surface area contributed by atoms with Crippen LogP contribution in [-0.4, -0.2) is 10.6 Å². The number of hydrogen-bond donors (Lipinski definition) is 1. The molecule has 0 aromatic heterocycles. The first kappa shape index (κ1) is 14.9. The minimum Gasteiger partial charge on any atom is -0.387 e. The third kappa shape index (κ3) is 3.93. The van der Waals surface area contributed by atoms with Gasteiger partial charge in [-0.1, -0.05) is 12.1 Å². The number of aliphatic hydroxyl groups is 1. The van der Waals surface area contributed by atoms with Crippen LogP contribution in [0.2, 0.25) is 0 Å². The van der Waals surface area contributed by atoms with Crippen molar-refractivity contribution in [3.63, 3.8) is 0 Å². The predicted molar refractivity (Wildman–Crippen MR) is 62.7 cm³/mol. The van der Waals surface area contributed by atoms with E-state index >= 15 is 0 Å². The predicted octanol–water partition coefficient (Wildman–Crippen LogP) is 3.88. The van der Waals surface area contributed by atoms with Gasteiger partial charge in [-0.15, -0.1) is 0 Å². The molecule has 0 spiro atoms. The number of benzene rings is 1. The molecule has 0 aliphatic carbocycles. The molecular formula is C12H12F3NOS. The van der Waals surface area contributed by atoms with E-state index in [-0.39, 0.29) is 16.7 Å². The van der Waals surface area contributed by atoms with Crippen molar-refractivity contribution in [1.29, 1.82) is 5.26 Å². The van der Waals surface area contributed by atoms with Crippen molar-refractivity contribution in [2.45, 2.75) is 30.4 Å². The summed E-state index contributed by atoms with van der Waals surface area (Å²) in [7, 11) is 0. The summed E-state index contributed by atoms with van der Waals surface area (Å²) in [6.07, 6.45) is -1.03. The van der Waals surface area contributed by atoms with Crippen LogP contribution in [0.15, 0.2) is 29.2 Å². The summed E-state index contributed by atoms with van der Waals surface area (Å²) < 4.78 is 36.3. The van der Waals surface area contributed by atoms with Crippen molar-refractivity contribution in [2.24, 2.45) is 5.41 Å². The smallest absolute Gasteiger partial charge is 0.387 e. The van der Waals surface area contributed by atoms with Gasteiger partial charge in [0.25, 0.3) is 0 Å². The van der Waals surface area contributed by atoms with Gasteiger partial charge in [0, 0.05) is 4.90 Å². The maximum absolute atomic E-state index is 12.1. The topological polar surface area (TPSA) is 44.0 Å². The standard InChI is InChI=1S/C12H12F3NOS/c1-11(2,7-16)10(17)8-3-5-9(6-4-8)18-12(13,14)15/h3-6,10,17H,1-2H3. The van der Waals surface area contributed by atoms with Crippen LogP contribution in [0.1, 0.15) is 25.5 Å². The third-order valence-electron chi connectivity index (χ3n) is 2.40. The first-order valence-electron chi connectivity index (χ1n) is 5.11. The monoisotopic (exact) mass is 275 g/mol. The van der Waals surface area contributed by atoms with Crippen LogP contribution >= 0.6 is 11.8 Å². The second-order valence-corrected chi connectivity index (χ2v) is 5.49. The van der Waals surface area contributed by atoms with E-state index in [9.17, 15) is 18.3 Å². The van der Waals surface area contributed by atoms with Gasteiger partial charge in [-0.3, -0.25) is 0 Å². The lowest BCUT2D eigenvalue weighted by Crippen LogP contribution is -2.19. The molecule has 1 unspecified atom stereocenters. The zero-order chi connectivity index (χ0) is 14.0. The van der Waals surface area contributed by atoms with Crippen molar-refractivity contribution in [1.82, 2.24) is 0 Å². The quantitative estimate of drug-likeness (QED) is 0.851. The van der Waals surface area contributed by atoms with Crippen molar-refractivity contribution in [3.05, 3.63) is 29.8 Å². The molecule has 2 nitrogen and oxygen atoms in total. The van der Waals surface area contributed by atoms with E-state index in [1.807, 2.05) is 6.07 Å². The Hall–Kier alpha value is -1.19. The van der Waals surface area contributed by atoms with Gasteiger partial charge in [-0.2, -0.15) is 18.4 Å². The van der Waals surface area contributed by atoms with E-state index in [2.05, 4.69) is 0 Å². The number of rotatable bonds is 3. The maximum atomic E-state index is 12.1. The van der Waals surface area contributed by atoms with E-state index in [1.54, 1.807) is 13.8 Å². The van der Waals surface area contributed by atoms with E-state index in [0.29, 0.717) is 5.56 Å². The molecule has 0 saturated heterocycles. The average Bonchev–Trinajstić information content (AvgIpc) is 2.27. The number of nitrogens with zero attached hydrogens (tertiary/aromatic N) is 1. The molecule has 6 heteroatoms. The zero-order valence-corrected chi connectivity index (χ0v) is 10.6. The van der Waals surface area contributed by atoms with Gasteiger partial charge in [-0.25, -0.2) is 0 Å². The first-order valence-corrected chi connectivity index (χ1v) is 5.92. The molecule has 0 aliphatic rings. The van der Waals surface area contributed by atoms with Crippen LogP contribution in [0, 0.1) is 16.7 Å². The molecule has 0 saturated carbocycles. The van der Waals surface area contributed by atoms with Crippen LogP contribution in [0.5, 0.6) is 0 Å². The Bertz CT molecular complexity index is 448. The second-order valence-electron chi connectivity index (χ2n) is 4.35. The number of alkyl halides is 3. The molecular weight excluding hydrogens is 263 g/mol. The van der Waals surface area contributed by atoms with Crippen LogP contribution in [0.3, 0.4) is 0 Å². The fourth-order valence-electron chi connectivity index (χ4n) is 1.33. The lowest BCUT2D eigenvalue weighted by molar-refractivity contribution is -0.0328. The van der Waals surface area contributed by atoms with Crippen LogP contribution < -0.4 is 0 Å². The normalized spacial score (nSPS) is 14.1. The number of halogens is 3. The van der Waals surface area contributed by atoms with Crippen LogP contribution in [0.25, 0.3) is 0 Å². The Labute approximate surface area is 107 Å². The van der Waals surface area contributed by atoms with Crippen molar-refractivity contribution >= 4 is 11.8 Å². The number of nitriles is 1. The molecule has 0 heterocycles. The third-order valence-corrected chi connectivity index (χ3v) is 3.14. The molecule has 0 radical (unpaired) electrons. The minimum absolute atomic E-state index is 0.0493. The molecule has 98 valence electrons. The highest BCUT2D eigenvalue weighted by Crippen LogP contribution is 2.38. The molecule has 1 aromatic carbocycles. The molecule has 0 fully saturated rings. The molecule has 1 aromatic rings. The second kappa shape index (κ2) is 5.21. The zero-order valence-electron chi connectivity index (χ0n) is 9.82. The Morgan fingerprint density at radius 1 is 1.22 bits per heavy atom. The van der Waals surface area contributed by atoms with Crippen LogP contribution in [0.4, 0.5) is 13.2 Å². The summed E-state index contributed by atoms with van der Waals surface area (Å²) in [6, 6.07) is 7.32. The fourth-order valence-corrected chi connectivity index (χ4v) is 1.87. The molecule has 18 heavy (non-hydrogen) atoms. The highest BCUT2D eigenvalue weighted by molar-refractivity contribution is 8.00. The fraction of sp³-hybridized carbons (Fsp3) is 0.417. The Morgan fingerprint density at radius 2 is 1.72 bits per heavy atom. The van der Waals surface area contributed by atoms with Crippen molar-refractivity contribution in [2.75, 3.05) is 0 Å². The van der Waals surface area contributed by atoms with Gasteiger partial charge in [0.05, 0.1) is 17.6 Å². The summed E-state index contributed by atoms with van der Waals surface area (Å²) in [6.45, 7) is 3.13. The Morgan fingerprint density at radius 3 is 2.11 bits per heavy atom. The van der Waals surface area contributed by atoms with Crippen molar-refractivity contribution in [3.8, 4) is 6.07 Å².